The molecule has 0 radical (unpaired) electrons. The minimum Gasteiger partial charge on any atom is -0.351 e. The Labute approximate surface area is 125 Å². The van der Waals surface area contributed by atoms with Gasteiger partial charge in [0.1, 0.15) is 5.82 Å². The maximum atomic E-state index is 11.6. The highest BCUT2D eigenvalue weighted by Gasteiger charge is 2.29. The molecule has 2 rings (SSSR count). The monoisotopic (exact) mass is 317 g/mol. The van der Waals surface area contributed by atoms with E-state index in [2.05, 4.69) is 10.3 Å². The van der Waals surface area contributed by atoms with Gasteiger partial charge >= 0.3 is 0 Å². The molecule has 1 aromatic heterocycles. The molecular formula is C13H20ClN3O2S. The second-order valence-electron chi connectivity index (χ2n) is 5.09. The average Bonchev–Trinajstić information content (AvgIpc) is 2.37. The van der Waals surface area contributed by atoms with Crippen LogP contribution in [0.5, 0.6) is 0 Å². The molecule has 1 atom stereocenters. The Morgan fingerprint density at radius 3 is 2.90 bits per heavy atom. The Hall–Kier alpha value is -0.850. The van der Waals surface area contributed by atoms with E-state index in [1.165, 1.54) is 0 Å². The number of nitrogens with zero attached hydrogens (tertiary/aromatic N) is 2. The number of hydrogen-bond donors (Lipinski definition) is 1. The first kappa shape index (κ1) is 15.5. The van der Waals surface area contributed by atoms with Crippen LogP contribution in [-0.2, 0) is 16.4 Å². The Morgan fingerprint density at radius 1 is 1.55 bits per heavy atom. The summed E-state index contributed by atoms with van der Waals surface area (Å²) in [5.41, 5.74) is 1.03. The second-order valence-corrected chi connectivity index (χ2v) is 7.72. The highest BCUT2D eigenvalue weighted by Crippen LogP contribution is 2.27. The maximum absolute atomic E-state index is 11.6. The molecule has 0 amide bonds. The van der Waals surface area contributed by atoms with E-state index in [9.17, 15) is 8.42 Å². The number of halogens is 1. The zero-order valence-electron chi connectivity index (χ0n) is 11.8. The van der Waals surface area contributed by atoms with Crippen LogP contribution in [0.3, 0.4) is 0 Å². The van der Waals surface area contributed by atoms with E-state index in [1.807, 2.05) is 24.8 Å². The summed E-state index contributed by atoms with van der Waals surface area (Å²) in [6, 6.07) is 1.79. The smallest absolute Gasteiger partial charge is 0.154 e. The van der Waals surface area contributed by atoms with Gasteiger partial charge in [0, 0.05) is 25.3 Å². The molecule has 1 N–H and O–H groups in total. The second kappa shape index (κ2) is 6.28. The van der Waals surface area contributed by atoms with Crippen molar-refractivity contribution in [2.75, 3.05) is 29.5 Å². The van der Waals surface area contributed by atoms with Crippen LogP contribution in [0.1, 0.15) is 19.4 Å². The van der Waals surface area contributed by atoms with Gasteiger partial charge in [0.15, 0.2) is 9.84 Å². The van der Waals surface area contributed by atoms with Crippen LogP contribution >= 0.6 is 11.6 Å². The first-order valence-corrected chi connectivity index (χ1v) is 8.95. The fourth-order valence-electron chi connectivity index (χ4n) is 2.36. The summed E-state index contributed by atoms with van der Waals surface area (Å²) in [6.45, 7) is 6.00. The minimum atomic E-state index is -2.93. The average molecular weight is 318 g/mol. The third-order valence-electron chi connectivity index (χ3n) is 3.40. The summed E-state index contributed by atoms with van der Waals surface area (Å²) in [7, 11) is -2.93. The predicted molar refractivity (Wildman–Crippen MR) is 82.1 cm³/mol. The van der Waals surface area contributed by atoms with Crippen LogP contribution in [0.2, 0.25) is 5.02 Å². The van der Waals surface area contributed by atoms with Gasteiger partial charge in [-0.3, -0.25) is 0 Å². The largest absolute Gasteiger partial charge is 0.351 e. The number of hydrogen-bond acceptors (Lipinski definition) is 5. The van der Waals surface area contributed by atoms with Crippen molar-refractivity contribution in [3.05, 3.63) is 22.8 Å². The van der Waals surface area contributed by atoms with Crippen molar-refractivity contribution in [1.82, 2.24) is 10.3 Å². The molecule has 1 aromatic rings. The molecule has 1 aliphatic heterocycles. The first-order valence-electron chi connectivity index (χ1n) is 6.75. The summed E-state index contributed by atoms with van der Waals surface area (Å²) < 4.78 is 23.2. The van der Waals surface area contributed by atoms with E-state index < -0.39 is 9.84 Å². The van der Waals surface area contributed by atoms with Crippen molar-refractivity contribution in [2.24, 2.45) is 0 Å². The third kappa shape index (κ3) is 3.62. The van der Waals surface area contributed by atoms with Crippen molar-refractivity contribution in [1.29, 1.82) is 0 Å². The molecule has 20 heavy (non-hydrogen) atoms. The van der Waals surface area contributed by atoms with Crippen molar-refractivity contribution in [3.8, 4) is 0 Å². The lowest BCUT2D eigenvalue weighted by Gasteiger charge is -2.34. The van der Waals surface area contributed by atoms with Gasteiger partial charge in [-0.2, -0.15) is 0 Å². The predicted octanol–water partition coefficient (Wildman–Crippen LogP) is 1.47. The van der Waals surface area contributed by atoms with Gasteiger partial charge in [-0.05, 0) is 25.1 Å². The standard InChI is InChI=1S/C13H20ClN3O2S/c1-3-15-7-11-6-12(14)13(16-8-11)17-4-5-20(18,19)9-10(17)2/h6,8,10,15H,3-5,7,9H2,1-2H3. The van der Waals surface area contributed by atoms with Crippen molar-refractivity contribution in [3.63, 3.8) is 0 Å². The molecular weight excluding hydrogens is 298 g/mol. The number of aromatic nitrogens is 1. The van der Waals surface area contributed by atoms with E-state index in [-0.39, 0.29) is 17.5 Å². The highest BCUT2D eigenvalue weighted by atomic mass is 35.5. The van der Waals surface area contributed by atoms with Crippen molar-refractivity contribution < 1.29 is 8.42 Å². The number of nitrogens with one attached hydrogen (secondary N) is 1. The lowest BCUT2D eigenvalue weighted by Crippen LogP contribution is -2.47. The molecule has 1 unspecified atom stereocenters. The van der Waals surface area contributed by atoms with Gasteiger partial charge in [-0.1, -0.05) is 18.5 Å². The molecule has 0 bridgehead atoms. The molecule has 1 fully saturated rings. The Balaban J connectivity index is 2.17. The Kier molecular flexibility index (Phi) is 4.88. The summed E-state index contributed by atoms with van der Waals surface area (Å²) in [5, 5.41) is 3.79. The molecule has 0 aliphatic carbocycles. The SMILES string of the molecule is CCNCc1cnc(N2CCS(=O)(=O)CC2C)c(Cl)c1. The number of rotatable bonds is 4. The quantitative estimate of drug-likeness (QED) is 0.911. The molecule has 0 spiro atoms. The number of sulfone groups is 1. The van der Waals surface area contributed by atoms with E-state index in [4.69, 9.17) is 11.6 Å². The molecule has 5 nitrogen and oxygen atoms in total. The zero-order valence-corrected chi connectivity index (χ0v) is 13.3. The lowest BCUT2D eigenvalue weighted by atomic mass is 10.2. The van der Waals surface area contributed by atoms with E-state index in [0.29, 0.717) is 17.4 Å². The summed E-state index contributed by atoms with van der Waals surface area (Å²) >= 11 is 6.30. The van der Waals surface area contributed by atoms with Gasteiger partial charge < -0.3 is 10.2 Å². The van der Waals surface area contributed by atoms with Crippen LogP contribution < -0.4 is 10.2 Å². The van der Waals surface area contributed by atoms with Crippen LogP contribution in [0.25, 0.3) is 0 Å². The molecule has 7 heteroatoms. The zero-order chi connectivity index (χ0) is 14.8. The topological polar surface area (TPSA) is 62.3 Å². The molecule has 1 aliphatic rings. The fourth-order valence-corrected chi connectivity index (χ4v) is 4.21. The minimum absolute atomic E-state index is 0.0987. The highest BCUT2D eigenvalue weighted by molar-refractivity contribution is 7.91. The van der Waals surface area contributed by atoms with E-state index in [0.717, 1.165) is 18.7 Å². The lowest BCUT2D eigenvalue weighted by molar-refractivity contribution is 0.567. The maximum Gasteiger partial charge on any atom is 0.154 e. The van der Waals surface area contributed by atoms with Crippen LogP contribution in [0, 0.1) is 0 Å². The summed E-state index contributed by atoms with van der Waals surface area (Å²) in [6.07, 6.45) is 1.79. The number of anilines is 1. The van der Waals surface area contributed by atoms with Crippen molar-refractivity contribution >= 4 is 27.3 Å². The van der Waals surface area contributed by atoms with Gasteiger partial charge in [0.25, 0.3) is 0 Å². The summed E-state index contributed by atoms with van der Waals surface area (Å²) in [4.78, 5) is 6.38. The van der Waals surface area contributed by atoms with Gasteiger partial charge in [0.05, 0.1) is 16.5 Å². The van der Waals surface area contributed by atoms with Crippen molar-refractivity contribution in [2.45, 2.75) is 26.4 Å². The van der Waals surface area contributed by atoms with Crippen LogP contribution in [-0.4, -0.2) is 44.0 Å². The summed E-state index contributed by atoms with van der Waals surface area (Å²) in [5.74, 6) is 0.993. The molecule has 0 aromatic carbocycles. The van der Waals surface area contributed by atoms with Crippen LogP contribution in [0.4, 0.5) is 5.82 Å². The van der Waals surface area contributed by atoms with Gasteiger partial charge in [-0.25, -0.2) is 13.4 Å². The van der Waals surface area contributed by atoms with Crippen LogP contribution in [0.15, 0.2) is 12.3 Å². The number of pyridine rings is 1. The van der Waals surface area contributed by atoms with Gasteiger partial charge in [0.2, 0.25) is 0 Å². The third-order valence-corrected chi connectivity index (χ3v) is 5.47. The first-order chi connectivity index (χ1) is 9.43. The fraction of sp³-hybridized carbons (Fsp3) is 0.615. The molecule has 0 saturated carbocycles. The Morgan fingerprint density at radius 2 is 2.30 bits per heavy atom. The van der Waals surface area contributed by atoms with E-state index in [1.54, 1.807) is 6.20 Å². The molecule has 112 valence electrons. The molecule has 1 saturated heterocycles. The normalized spacial score (nSPS) is 21.9. The van der Waals surface area contributed by atoms with E-state index >= 15 is 0 Å². The molecule has 2 heterocycles. The Bertz CT molecular complexity index is 577. The van der Waals surface area contributed by atoms with Gasteiger partial charge in [-0.15, -0.1) is 0 Å².